The van der Waals surface area contributed by atoms with Crippen molar-refractivity contribution in [3.8, 4) is 0 Å². The molecule has 116 valence electrons. The number of carbonyl (C=O) groups excluding carboxylic acids is 1. The number of halogens is 3. The second kappa shape index (κ2) is 6.32. The van der Waals surface area contributed by atoms with Crippen LogP contribution in [0.15, 0.2) is 0 Å². The van der Waals surface area contributed by atoms with Crippen molar-refractivity contribution < 1.29 is 27.9 Å². The zero-order valence-corrected chi connectivity index (χ0v) is 11.5. The van der Waals surface area contributed by atoms with Gasteiger partial charge in [-0.1, -0.05) is 0 Å². The summed E-state index contributed by atoms with van der Waals surface area (Å²) in [6.45, 7) is 2.03. The van der Waals surface area contributed by atoms with Crippen LogP contribution in [0.25, 0.3) is 0 Å². The average molecular weight is 296 g/mol. The smallest absolute Gasteiger partial charge is 0.406 e. The number of amides is 2. The van der Waals surface area contributed by atoms with Crippen LogP contribution in [-0.2, 0) is 4.79 Å². The number of nitrogens with zero attached hydrogens (tertiary/aromatic N) is 2. The molecule has 0 bridgehead atoms. The molecule has 0 saturated heterocycles. The lowest BCUT2D eigenvalue weighted by molar-refractivity contribution is -0.143. The van der Waals surface area contributed by atoms with Gasteiger partial charge < -0.3 is 14.9 Å². The number of aliphatic carboxylic acids is 1. The van der Waals surface area contributed by atoms with Crippen molar-refractivity contribution in [2.75, 3.05) is 13.1 Å². The van der Waals surface area contributed by atoms with Gasteiger partial charge in [0, 0.05) is 18.6 Å². The number of carbonyl (C=O) groups is 2. The van der Waals surface area contributed by atoms with Gasteiger partial charge in [0.05, 0.1) is 6.42 Å². The molecule has 1 aliphatic carbocycles. The van der Waals surface area contributed by atoms with E-state index < -0.39 is 30.8 Å². The first kappa shape index (κ1) is 16.6. The third-order valence-corrected chi connectivity index (χ3v) is 3.17. The summed E-state index contributed by atoms with van der Waals surface area (Å²) in [5.41, 5.74) is 0. The Hall–Kier alpha value is -1.47. The zero-order valence-electron chi connectivity index (χ0n) is 11.5. The van der Waals surface area contributed by atoms with Gasteiger partial charge >= 0.3 is 18.2 Å². The van der Waals surface area contributed by atoms with E-state index in [1.54, 1.807) is 6.92 Å². The summed E-state index contributed by atoms with van der Waals surface area (Å²) in [5, 5.41) is 8.73. The van der Waals surface area contributed by atoms with Crippen molar-refractivity contribution in [2.24, 2.45) is 0 Å². The van der Waals surface area contributed by atoms with Crippen LogP contribution in [0, 0.1) is 0 Å². The Morgan fingerprint density at radius 3 is 2.25 bits per heavy atom. The molecule has 8 heteroatoms. The maximum atomic E-state index is 12.5. The first-order valence-corrected chi connectivity index (χ1v) is 6.51. The van der Waals surface area contributed by atoms with Crippen LogP contribution in [0.4, 0.5) is 18.0 Å². The summed E-state index contributed by atoms with van der Waals surface area (Å²) < 4.78 is 37.6. The quantitative estimate of drug-likeness (QED) is 0.818. The Morgan fingerprint density at radius 2 is 1.90 bits per heavy atom. The number of alkyl halides is 3. The molecule has 1 fully saturated rings. The van der Waals surface area contributed by atoms with Gasteiger partial charge in [0.1, 0.15) is 6.54 Å². The summed E-state index contributed by atoms with van der Waals surface area (Å²) in [6, 6.07) is -1.75. The van der Waals surface area contributed by atoms with Gasteiger partial charge in [0.2, 0.25) is 0 Å². The van der Waals surface area contributed by atoms with Crippen LogP contribution in [0.3, 0.4) is 0 Å². The van der Waals surface area contributed by atoms with Crippen LogP contribution in [0.5, 0.6) is 0 Å². The predicted molar refractivity (Wildman–Crippen MR) is 65.3 cm³/mol. The van der Waals surface area contributed by atoms with E-state index in [4.69, 9.17) is 5.11 Å². The lowest BCUT2D eigenvalue weighted by atomic mass is 10.2. The highest BCUT2D eigenvalue weighted by molar-refractivity contribution is 5.76. The minimum Gasteiger partial charge on any atom is -0.481 e. The fourth-order valence-electron chi connectivity index (χ4n) is 2.10. The van der Waals surface area contributed by atoms with Crippen molar-refractivity contribution in [2.45, 2.75) is 51.4 Å². The first-order valence-electron chi connectivity index (χ1n) is 6.51. The van der Waals surface area contributed by atoms with Crippen molar-refractivity contribution in [3.63, 3.8) is 0 Å². The Kier molecular flexibility index (Phi) is 5.24. The van der Waals surface area contributed by atoms with Crippen LogP contribution < -0.4 is 0 Å². The number of carboxylic acid groups (broad SMARTS) is 1. The molecule has 0 radical (unpaired) electrons. The first-order chi connectivity index (χ1) is 9.15. The van der Waals surface area contributed by atoms with Crippen molar-refractivity contribution in [1.29, 1.82) is 0 Å². The third kappa shape index (κ3) is 4.90. The molecule has 1 unspecified atom stereocenters. The molecule has 5 nitrogen and oxygen atoms in total. The van der Waals surface area contributed by atoms with E-state index >= 15 is 0 Å². The van der Waals surface area contributed by atoms with Crippen LogP contribution in [-0.4, -0.2) is 58.3 Å². The van der Waals surface area contributed by atoms with E-state index in [0.29, 0.717) is 12.8 Å². The zero-order chi connectivity index (χ0) is 15.5. The van der Waals surface area contributed by atoms with Gasteiger partial charge in [-0.25, -0.2) is 4.79 Å². The predicted octanol–water partition coefficient (Wildman–Crippen LogP) is 2.32. The number of hydrogen-bond acceptors (Lipinski definition) is 2. The van der Waals surface area contributed by atoms with Gasteiger partial charge in [0.25, 0.3) is 0 Å². The monoisotopic (exact) mass is 296 g/mol. The van der Waals surface area contributed by atoms with Gasteiger partial charge in [-0.3, -0.25) is 4.79 Å². The van der Waals surface area contributed by atoms with E-state index in [0.717, 1.165) is 4.90 Å². The second-order valence-electron chi connectivity index (χ2n) is 4.99. The van der Waals surface area contributed by atoms with Crippen LogP contribution in [0.1, 0.15) is 33.1 Å². The minimum absolute atomic E-state index is 0.175. The molecule has 0 heterocycles. The number of rotatable bonds is 6. The molecule has 0 aromatic rings. The van der Waals surface area contributed by atoms with Crippen LogP contribution >= 0.6 is 0 Å². The molecule has 2 amide bonds. The second-order valence-corrected chi connectivity index (χ2v) is 4.99. The fourth-order valence-corrected chi connectivity index (χ4v) is 2.10. The lowest BCUT2D eigenvalue weighted by Gasteiger charge is -2.34. The Bertz CT molecular complexity index is 369. The van der Waals surface area contributed by atoms with E-state index in [-0.39, 0.29) is 19.0 Å². The Morgan fingerprint density at radius 1 is 1.35 bits per heavy atom. The summed E-state index contributed by atoms with van der Waals surface area (Å²) in [6.07, 6.45) is -3.61. The highest BCUT2D eigenvalue weighted by Gasteiger charge is 2.42. The average Bonchev–Trinajstić information content (AvgIpc) is 3.08. The Balaban J connectivity index is 2.78. The highest BCUT2D eigenvalue weighted by atomic mass is 19.4. The van der Waals surface area contributed by atoms with Crippen molar-refractivity contribution >= 4 is 12.0 Å². The highest BCUT2D eigenvalue weighted by Crippen LogP contribution is 2.31. The van der Waals surface area contributed by atoms with Gasteiger partial charge in [-0.15, -0.1) is 0 Å². The topological polar surface area (TPSA) is 60.9 Å². The molecular weight excluding hydrogens is 277 g/mol. The molecule has 20 heavy (non-hydrogen) atoms. The summed E-state index contributed by atoms with van der Waals surface area (Å²) >= 11 is 0. The van der Waals surface area contributed by atoms with Crippen LogP contribution in [0.2, 0.25) is 0 Å². The SMILES string of the molecule is CCN(C(=O)N(CC(F)(F)F)C1CC1)C(C)CC(=O)O. The maximum absolute atomic E-state index is 12.5. The van der Waals surface area contributed by atoms with E-state index in [1.807, 2.05) is 0 Å². The third-order valence-electron chi connectivity index (χ3n) is 3.17. The van der Waals surface area contributed by atoms with E-state index in [9.17, 15) is 22.8 Å². The molecule has 1 N–H and O–H groups in total. The van der Waals surface area contributed by atoms with Gasteiger partial charge in [0.15, 0.2) is 0 Å². The minimum atomic E-state index is -4.45. The molecule has 0 aromatic heterocycles. The normalized spacial score (nSPS) is 16.6. The lowest BCUT2D eigenvalue weighted by Crippen LogP contribution is -2.51. The maximum Gasteiger partial charge on any atom is 0.406 e. The molecule has 0 spiro atoms. The van der Waals surface area contributed by atoms with E-state index in [1.165, 1.54) is 11.8 Å². The molecule has 1 rings (SSSR count). The summed E-state index contributed by atoms with van der Waals surface area (Å²) in [4.78, 5) is 24.9. The standard InChI is InChI=1S/C12H19F3N2O3/c1-3-16(8(2)6-10(18)19)11(20)17(9-4-5-9)7-12(13,14)15/h8-9H,3-7H2,1-2H3,(H,18,19). The molecule has 0 aliphatic heterocycles. The Labute approximate surface area is 115 Å². The molecule has 1 atom stereocenters. The fraction of sp³-hybridized carbons (Fsp3) is 0.833. The summed E-state index contributed by atoms with van der Waals surface area (Å²) in [7, 11) is 0. The molecule has 1 saturated carbocycles. The molecular formula is C12H19F3N2O3. The summed E-state index contributed by atoms with van der Waals surface area (Å²) in [5.74, 6) is -1.09. The van der Waals surface area contributed by atoms with Crippen molar-refractivity contribution in [3.05, 3.63) is 0 Å². The molecule has 0 aromatic carbocycles. The number of urea groups is 1. The largest absolute Gasteiger partial charge is 0.481 e. The number of hydrogen-bond donors (Lipinski definition) is 1. The van der Waals surface area contributed by atoms with Crippen molar-refractivity contribution in [1.82, 2.24) is 9.80 Å². The van der Waals surface area contributed by atoms with E-state index in [2.05, 4.69) is 0 Å². The molecule has 1 aliphatic rings. The van der Waals surface area contributed by atoms with Gasteiger partial charge in [-0.05, 0) is 26.7 Å². The number of carboxylic acids is 1. The van der Waals surface area contributed by atoms with Gasteiger partial charge in [-0.2, -0.15) is 13.2 Å².